The Balaban J connectivity index is 1.73. The van der Waals surface area contributed by atoms with Gasteiger partial charge in [-0.25, -0.2) is 4.90 Å². The Labute approximate surface area is 208 Å². The van der Waals surface area contributed by atoms with Crippen molar-refractivity contribution in [3.05, 3.63) is 88.4 Å². The van der Waals surface area contributed by atoms with E-state index in [9.17, 15) is 14.4 Å². The SMILES string of the molecule is COc1ccc(C(=O)N(Cc2ccccc2Cl)C2CC(=O)N(c3ccc(C)cc3)C2=O)cc1OC. The second-order valence-corrected chi connectivity index (χ2v) is 8.62. The van der Waals surface area contributed by atoms with Crippen LogP contribution in [-0.2, 0) is 16.1 Å². The molecule has 0 bridgehead atoms. The highest BCUT2D eigenvalue weighted by Crippen LogP contribution is 2.32. The highest BCUT2D eigenvalue weighted by atomic mass is 35.5. The topological polar surface area (TPSA) is 76.2 Å². The summed E-state index contributed by atoms with van der Waals surface area (Å²) in [7, 11) is 2.98. The van der Waals surface area contributed by atoms with Gasteiger partial charge < -0.3 is 14.4 Å². The summed E-state index contributed by atoms with van der Waals surface area (Å²) in [5.74, 6) is -0.402. The van der Waals surface area contributed by atoms with Crippen molar-refractivity contribution >= 4 is 35.0 Å². The van der Waals surface area contributed by atoms with Crippen molar-refractivity contribution in [2.45, 2.75) is 25.9 Å². The monoisotopic (exact) mass is 492 g/mol. The number of anilines is 1. The molecule has 0 N–H and O–H groups in total. The van der Waals surface area contributed by atoms with Crippen molar-refractivity contribution in [2.75, 3.05) is 19.1 Å². The van der Waals surface area contributed by atoms with Crippen LogP contribution in [0.1, 0.15) is 27.9 Å². The molecule has 3 amide bonds. The van der Waals surface area contributed by atoms with E-state index in [0.29, 0.717) is 33.3 Å². The van der Waals surface area contributed by atoms with E-state index >= 15 is 0 Å². The smallest absolute Gasteiger partial charge is 0.257 e. The maximum Gasteiger partial charge on any atom is 0.257 e. The first-order valence-electron chi connectivity index (χ1n) is 11.0. The fourth-order valence-electron chi connectivity index (χ4n) is 4.09. The second kappa shape index (κ2) is 10.2. The van der Waals surface area contributed by atoms with Gasteiger partial charge in [0, 0.05) is 17.1 Å². The number of ether oxygens (including phenoxy) is 2. The molecule has 8 heteroatoms. The standard InChI is InChI=1S/C27H25ClN2O5/c1-17-8-11-20(12-9-17)30-25(31)15-22(27(30)33)29(16-19-6-4-5-7-21(19)28)26(32)18-10-13-23(34-2)24(14-18)35-3/h4-14,22H,15-16H2,1-3H3. The average molecular weight is 493 g/mol. The van der Waals surface area contributed by atoms with E-state index in [1.54, 1.807) is 54.6 Å². The molecule has 0 spiro atoms. The molecule has 1 saturated heterocycles. The summed E-state index contributed by atoms with van der Waals surface area (Å²) in [6.07, 6.45) is -0.129. The van der Waals surface area contributed by atoms with E-state index < -0.39 is 17.9 Å². The fraction of sp³-hybridized carbons (Fsp3) is 0.222. The van der Waals surface area contributed by atoms with Crippen LogP contribution in [0.15, 0.2) is 66.7 Å². The van der Waals surface area contributed by atoms with E-state index in [4.69, 9.17) is 21.1 Å². The predicted octanol–water partition coefficient (Wildman–Crippen LogP) is 4.64. The van der Waals surface area contributed by atoms with Crippen LogP contribution in [0.4, 0.5) is 5.69 Å². The molecular formula is C27H25ClN2O5. The van der Waals surface area contributed by atoms with E-state index in [1.807, 2.05) is 19.1 Å². The Morgan fingerprint density at radius 3 is 2.34 bits per heavy atom. The zero-order valence-corrected chi connectivity index (χ0v) is 20.4. The molecular weight excluding hydrogens is 468 g/mol. The van der Waals surface area contributed by atoms with Gasteiger partial charge in [0.05, 0.1) is 26.3 Å². The van der Waals surface area contributed by atoms with Gasteiger partial charge >= 0.3 is 0 Å². The number of hydrogen-bond donors (Lipinski definition) is 0. The fourth-order valence-corrected chi connectivity index (χ4v) is 4.29. The molecule has 0 aliphatic carbocycles. The van der Waals surface area contributed by atoms with E-state index in [-0.39, 0.29) is 18.9 Å². The maximum atomic E-state index is 13.8. The second-order valence-electron chi connectivity index (χ2n) is 8.22. The van der Waals surface area contributed by atoms with E-state index in [1.165, 1.54) is 19.1 Å². The molecule has 1 fully saturated rings. The van der Waals surface area contributed by atoms with Crippen molar-refractivity contribution in [1.82, 2.24) is 4.90 Å². The molecule has 4 rings (SSSR count). The minimum absolute atomic E-state index is 0.0538. The van der Waals surface area contributed by atoms with Crippen molar-refractivity contribution in [3.63, 3.8) is 0 Å². The molecule has 0 radical (unpaired) electrons. The molecule has 3 aromatic carbocycles. The third-order valence-corrected chi connectivity index (χ3v) is 6.35. The molecule has 7 nitrogen and oxygen atoms in total. The number of hydrogen-bond acceptors (Lipinski definition) is 5. The van der Waals surface area contributed by atoms with E-state index in [2.05, 4.69) is 0 Å². The van der Waals surface area contributed by atoms with Crippen LogP contribution < -0.4 is 14.4 Å². The number of amides is 3. The Morgan fingerprint density at radius 1 is 1.00 bits per heavy atom. The highest BCUT2D eigenvalue weighted by molar-refractivity contribution is 6.31. The molecule has 1 unspecified atom stereocenters. The summed E-state index contributed by atoms with van der Waals surface area (Å²) >= 11 is 6.38. The van der Waals surface area contributed by atoms with E-state index in [0.717, 1.165) is 10.5 Å². The highest BCUT2D eigenvalue weighted by Gasteiger charge is 2.44. The molecule has 1 aliphatic rings. The Morgan fingerprint density at radius 2 is 1.69 bits per heavy atom. The lowest BCUT2D eigenvalue weighted by atomic mass is 10.1. The van der Waals surface area contributed by atoms with Crippen LogP contribution >= 0.6 is 11.6 Å². The summed E-state index contributed by atoms with van der Waals surface area (Å²) in [6, 6.07) is 18.0. The minimum Gasteiger partial charge on any atom is -0.493 e. The summed E-state index contributed by atoms with van der Waals surface area (Å²) < 4.78 is 10.6. The third-order valence-electron chi connectivity index (χ3n) is 5.98. The molecule has 1 atom stereocenters. The van der Waals surface area contributed by atoms with Gasteiger partial charge in [-0.3, -0.25) is 14.4 Å². The minimum atomic E-state index is -0.985. The number of aryl methyl sites for hydroxylation is 1. The number of imide groups is 1. The first kappa shape index (κ1) is 24.3. The Kier molecular flexibility index (Phi) is 7.07. The normalized spacial score (nSPS) is 15.3. The van der Waals surface area contributed by atoms with Crippen LogP contribution in [0.25, 0.3) is 0 Å². The zero-order chi connectivity index (χ0) is 25.1. The number of methoxy groups -OCH3 is 2. The number of halogens is 1. The van der Waals surface area contributed by atoms with Crippen LogP contribution in [0, 0.1) is 6.92 Å². The average Bonchev–Trinajstić information content (AvgIpc) is 3.16. The van der Waals surface area contributed by atoms with Gasteiger partial charge in [-0.05, 0) is 48.9 Å². The summed E-state index contributed by atoms with van der Waals surface area (Å²) in [5, 5.41) is 0.463. The van der Waals surface area contributed by atoms with Gasteiger partial charge in [0.15, 0.2) is 11.5 Å². The first-order valence-corrected chi connectivity index (χ1v) is 11.4. The number of carbonyl (C=O) groups excluding carboxylic acids is 3. The lowest BCUT2D eigenvalue weighted by molar-refractivity contribution is -0.122. The van der Waals surface area contributed by atoms with Crippen LogP contribution in [0.2, 0.25) is 5.02 Å². The first-order chi connectivity index (χ1) is 16.8. The van der Waals surface area contributed by atoms with Crippen molar-refractivity contribution in [1.29, 1.82) is 0 Å². The quantitative estimate of drug-likeness (QED) is 0.449. The zero-order valence-electron chi connectivity index (χ0n) is 19.7. The molecule has 1 aliphatic heterocycles. The number of carbonyl (C=O) groups is 3. The number of benzene rings is 3. The largest absolute Gasteiger partial charge is 0.493 e. The lowest BCUT2D eigenvalue weighted by Crippen LogP contribution is -2.45. The summed E-state index contributed by atoms with van der Waals surface area (Å²) in [4.78, 5) is 42.8. The summed E-state index contributed by atoms with van der Waals surface area (Å²) in [6.45, 7) is 1.98. The molecule has 1 heterocycles. The predicted molar refractivity (Wildman–Crippen MR) is 133 cm³/mol. The molecule has 0 saturated carbocycles. The van der Waals surface area contributed by atoms with Gasteiger partial charge in [-0.2, -0.15) is 0 Å². The van der Waals surface area contributed by atoms with Crippen molar-refractivity contribution in [2.24, 2.45) is 0 Å². The number of rotatable bonds is 7. The number of nitrogens with zero attached hydrogens (tertiary/aromatic N) is 2. The molecule has 180 valence electrons. The maximum absolute atomic E-state index is 13.8. The lowest BCUT2D eigenvalue weighted by Gasteiger charge is -2.28. The van der Waals surface area contributed by atoms with Gasteiger partial charge in [-0.1, -0.05) is 47.5 Å². The van der Waals surface area contributed by atoms with Crippen LogP contribution in [0.3, 0.4) is 0 Å². The molecule has 3 aromatic rings. The van der Waals surface area contributed by atoms with Gasteiger partial charge in [0.2, 0.25) is 5.91 Å². The Bertz CT molecular complexity index is 1270. The van der Waals surface area contributed by atoms with Gasteiger partial charge in [0.1, 0.15) is 6.04 Å². The Hall–Kier alpha value is -3.84. The summed E-state index contributed by atoms with van der Waals surface area (Å²) in [5.41, 5.74) is 2.44. The third kappa shape index (κ3) is 4.86. The van der Waals surface area contributed by atoms with Crippen LogP contribution in [0.5, 0.6) is 11.5 Å². The van der Waals surface area contributed by atoms with Gasteiger partial charge in [0.25, 0.3) is 11.8 Å². The van der Waals surface area contributed by atoms with Gasteiger partial charge in [-0.15, -0.1) is 0 Å². The van der Waals surface area contributed by atoms with Crippen molar-refractivity contribution in [3.8, 4) is 11.5 Å². The molecule has 0 aromatic heterocycles. The van der Waals surface area contributed by atoms with Crippen molar-refractivity contribution < 1.29 is 23.9 Å². The van der Waals surface area contributed by atoms with Crippen LogP contribution in [-0.4, -0.2) is 42.9 Å². The molecule has 35 heavy (non-hydrogen) atoms.